The number of carbonyl (C=O) groups is 1. The first-order valence-electron chi connectivity index (χ1n) is 9.09. The standard InChI is InChI=1S/C21H30N2OS/c1-5-6-7-8-9-12-18(4)23(16-25-15-22)20-14-11-10-13-19(20)21(24)17(2)3/h10-11,13-14,18H,2,5-9,12,16H2,1,3-4H3. The molecule has 1 unspecified atom stereocenters. The van der Waals surface area contributed by atoms with E-state index in [4.69, 9.17) is 5.26 Å². The van der Waals surface area contributed by atoms with Gasteiger partial charge in [-0.05, 0) is 49.7 Å². The van der Waals surface area contributed by atoms with Crippen LogP contribution < -0.4 is 4.90 Å². The summed E-state index contributed by atoms with van der Waals surface area (Å²) in [6, 6.07) is 7.93. The van der Waals surface area contributed by atoms with Gasteiger partial charge < -0.3 is 4.90 Å². The smallest absolute Gasteiger partial charge is 0.190 e. The zero-order valence-electron chi connectivity index (χ0n) is 15.8. The number of anilines is 1. The summed E-state index contributed by atoms with van der Waals surface area (Å²) in [6.07, 6.45) is 7.29. The third kappa shape index (κ3) is 6.96. The third-order valence-electron chi connectivity index (χ3n) is 4.37. The monoisotopic (exact) mass is 358 g/mol. The molecule has 1 atom stereocenters. The molecule has 136 valence electrons. The summed E-state index contributed by atoms with van der Waals surface area (Å²) >= 11 is 1.21. The third-order valence-corrected chi connectivity index (χ3v) is 4.91. The highest BCUT2D eigenvalue weighted by Gasteiger charge is 2.20. The minimum Gasteiger partial charge on any atom is -0.358 e. The molecule has 0 spiro atoms. The molecule has 0 saturated carbocycles. The van der Waals surface area contributed by atoms with Gasteiger partial charge in [0.15, 0.2) is 5.78 Å². The van der Waals surface area contributed by atoms with Gasteiger partial charge in [-0.1, -0.05) is 57.7 Å². The molecule has 0 amide bonds. The van der Waals surface area contributed by atoms with Gasteiger partial charge in [-0.3, -0.25) is 4.79 Å². The highest BCUT2D eigenvalue weighted by molar-refractivity contribution is 8.03. The second-order valence-corrected chi connectivity index (χ2v) is 7.24. The highest BCUT2D eigenvalue weighted by atomic mass is 32.2. The molecule has 0 aliphatic rings. The first kappa shape index (κ1) is 21.3. The Labute approximate surface area is 157 Å². The molecular formula is C21H30N2OS. The van der Waals surface area contributed by atoms with Crippen LogP contribution in [0.15, 0.2) is 36.4 Å². The van der Waals surface area contributed by atoms with Crippen LogP contribution in [0.1, 0.15) is 69.7 Å². The average molecular weight is 359 g/mol. The Morgan fingerprint density at radius 3 is 2.60 bits per heavy atom. The second-order valence-electron chi connectivity index (χ2n) is 6.51. The zero-order chi connectivity index (χ0) is 18.7. The van der Waals surface area contributed by atoms with E-state index in [1.165, 1.54) is 43.9 Å². The van der Waals surface area contributed by atoms with Crippen molar-refractivity contribution in [2.75, 3.05) is 10.8 Å². The van der Waals surface area contributed by atoms with Gasteiger partial charge in [-0.25, -0.2) is 0 Å². The predicted octanol–water partition coefficient (Wildman–Crippen LogP) is 6.17. The van der Waals surface area contributed by atoms with Gasteiger partial charge in [0.1, 0.15) is 5.40 Å². The molecule has 0 fully saturated rings. The van der Waals surface area contributed by atoms with E-state index in [1.54, 1.807) is 6.92 Å². The SMILES string of the molecule is C=C(C)C(=O)c1ccccc1N(CSC#N)C(C)CCCCCCC. The number of thiocyanates is 1. The summed E-state index contributed by atoms with van der Waals surface area (Å²) in [7, 11) is 0. The van der Waals surface area contributed by atoms with Crippen LogP contribution in [0, 0.1) is 10.7 Å². The number of allylic oxidation sites excluding steroid dienone is 1. The first-order chi connectivity index (χ1) is 12.0. The number of rotatable bonds is 12. The number of para-hydroxylation sites is 1. The Balaban J connectivity index is 2.93. The van der Waals surface area contributed by atoms with Crippen LogP contribution in [0.4, 0.5) is 5.69 Å². The molecule has 0 aliphatic carbocycles. The number of Topliss-reactive ketones (excluding diaryl/α,β-unsaturated/α-hetero) is 1. The average Bonchev–Trinajstić information content (AvgIpc) is 2.61. The second kappa shape index (κ2) is 11.8. The minimum absolute atomic E-state index is 0.0299. The fraction of sp³-hybridized carbons (Fsp3) is 0.524. The molecule has 0 bridgehead atoms. The van der Waals surface area contributed by atoms with Crippen molar-refractivity contribution in [3.05, 3.63) is 42.0 Å². The Morgan fingerprint density at radius 1 is 1.28 bits per heavy atom. The summed E-state index contributed by atoms with van der Waals surface area (Å²) in [5.41, 5.74) is 2.11. The largest absolute Gasteiger partial charge is 0.358 e. The molecule has 0 saturated heterocycles. The fourth-order valence-electron chi connectivity index (χ4n) is 2.88. The first-order valence-corrected chi connectivity index (χ1v) is 10.1. The van der Waals surface area contributed by atoms with E-state index < -0.39 is 0 Å². The molecule has 1 rings (SSSR count). The molecule has 4 heteroatoms. The molecule has 0 aromatic heterocycles. The van der Waals surface area contributed by atoms with E-state index in [-0.39, 0.29) is 11.8 Å². The van der Waals surface area contributed by atoms with E-state index in [1.807, 2.05) is 24.3 Å². The zero-order valence-corrected chi connectivity index (χ0v) is 16.6. The van der Waals surface area contributed by atoms with Crippen LogP contribution in [-0.2, 0) is 0 Å². The molecule has 1 aromatic carbocycles. The number of carbonyl (C=O) groups excluding carboxylic acids is 1. The van der Waals surface area contributed by atoms with Crippen LogP contribution in [0.25, 0.3) is 0 Å². The van der Waals surface area contributed by atoms with E-state index in [0.717, 1.165) is 12.1 Å². The van der Waals surface area contributed by atoms with Crippen molar-refractivity contribution in [1.29, 1.82) is 5.26 Å². The lowest BCUT2D eigenvalue weighted by atomic mass is 10.0. The summed E-state index contributed by atoms with van der Waals surface area (Å²) in [5, 5.41) is 11.1. The number of hydrogen-bond acceptors (Lipinski definition) is 4. The van der Waals surface area contributed by atoms with Crippen LogP contribution in [0.5, 0.6) is 0 Å². The maximum absolute atomic E-state index is 12.5. The van der Waals surface area contributed by atoms with E-state index in [2.05, 4.69) is 30.7 Å². The van der Waals surface area contributed by atoms with Crippen molar-refractivity contribution in [1.82, 2.24) is 0 Å². The predicted molar refractivity (Wildman–Crippen MR) is 109 cm³/mol. The van der Waals surface area contributed by atoms with Gasteiger partial charge in [0.25, 0.3) is 0 Å². The summed E-state index contributed by atoms with van der Waals surface area (Å²) in [5.74, 6) is 0.533. The highest BCUT2D eigenvalue weighted by Crippen LogP contribution is 2.28. The molecule has 0 N–H and O–H groups in total. The van der Waals surface area contributed by atoms with Crippen molar-refractivity contribution >= 4 is 23.2 Å². The lowest BCUT2D eigenvalue weighted by molar-refractivity contribution is 0.103. The van der Waals surface area contributed by atoms with Gasteiger partial charge >= 0.3 is 0 Å². The Morgan fingerprint density at radius 2 is 1.96 bits per heavy atom. The summed E-state index contributed by atoms with van der Waals surface area (Å²) in [4.78, 5) is 14.7. The van der Waals surface area contributed by atoms with Crippen molar-refractivity contribution in [3.8, 4) is 5.40 Å². The molecule has 0 heterocycles. The molecule has 3 nitrogen and oxygen atoms in total. The van der Waals surface area contributed by atoms with Gasteiger partial charge in [0, 0.05) is 17.3 Å². The van der Waals surface area contributed by atoms with Gasteiger partial charge in [0.05, 0.1) is 5.88 Å². The number of thioether (sulfide) groups is 1. The Bertz CT molecular complexity index is 606. The Kier molecular flexibility index (Phi) is 10.0. The molecule has 1 aromatic rings. The van der Waals surface area contributed by atoms with Gasteiger partial charge in [-0.2, -0.15) is 5.26 Å². The lowest BCUT2D eigenvalue weighted by Crippen LogP contribution is -2.34. The lowest BCUT2D eigenvalue weighted by Gasteiger charge is -2.32. The van der Waals surface area contributed by atoms with E-state index in [0.29, 0.717) is 17.0 Å². The number of ketones is 1. The van der Waals surface area contributed by atoms with Crippen LogP contribution >= 0.6 is 11.8 Å². The number of unbranched alkanes of at least 4 members (excludes halogenated alkanes) is 4. The molecule has 25 heavy (non-hydrogen) atoms. The van der Waals surface area contributed by atoms with Crippen LogP contribution in [-0.4, -0.2) is 17.7 Å². The summed E-state index contributed by atoms with van der Waals surface area (Å²) < 4.78 is 0. The normalized spacial score (nSPS) is 11.6. The maximum atomic E-state index is 12.5. The maximum Gasteiger partial charge on any atom is 0.190 e. The minimum atomic E-state index is -0.0299. The number of nitrogens with zero attached hydrogens (tertiary/aromatic N) is 2. The van der Waals surface area contributed by atoms with Crippen molar-refractivity contribution < 1.29 is 4.79 Å². The number of nitriles is 1. The quantitative estimate of drug-likeness (QED) is 0.147. The van der Waals surface area contributed by atoms with Crippen molar-refractivity contribution in [3.63, 3.8) is 0 Å². The Hall–Kier alpha value is -1.73. The van der Waals surface area contributed by atoms with E-state index in [9.17, 15) is 4.79 Å². The number of hydrogen-bond donors (Lipinski definition) is 0. The number of benzene rings is 1. The van der Waals surface area contributed by atoms with Crippen molar-refractivity contribution in [2.24, 2.45) is 0 Å². The molecular weight excluding hydrogens is 328 g/mol. The van der Waals surface area contributed by atoms with Crippen molar-refractivity contribution in [2.45, 2.75) is 65.3 Å². The molecule has 0 radical (unpaired) electrons. The fourth-order valence-corrected chi connectivity index (χ4v) is 3.47. The summed E-state index contributed by atoms with van der Waals surface area (Å²) in [6.45, 7) is 9.93. The van der Waals surface area contributed by atoms with Gasteiger partial charge in [0.2, 0.25) is 0 Å². The van der Waals surface area contributed by atoms with Gasteiger partial charge in [-0.15, -0.1) is 0 Å². The molecule has 0 aliphatic heterocycles. The van der Waals surface area contributed by atoms with Crippen LogP contribution in [0.3, 0.4) is 0 Å². The topological polar surface area (TPSA) is 44.1 Å². The van der Waals surface area contributed by atoms with E-state index >= 15 is 0 Å². The van der Waals surface area contributed by atoms with Crippen LogP contribution in [0.2, 0.25) is 0 Å².